The van der Waals surface area contributed by atoms with Gasteiger partial charge in [0.25, 0.3) is 0 Å². The fourth-order valence-corrected chi connectivity index (χ4v) is 4.29. The third kappa shape index (κ3) is 5.46. The topological polar surface area (TPSA) is 48.4 Å². The van der Waals surface area contributed by atoms with E-state index in [0.717, 1.165) is 23.3 Å². The number of aromatic nitrogens is 1. The Labute approximate surface area is 198 Å². The van der Waals surface area contributed by atoms with Crippen molar-refractivity contribution in [1.82, 2.24) is 4.98 Å². The lowest BCUT2D eigenvalue weighted by molar-refractivity contribution is -0.137. The zero-order valence-electron chi connectivity index (χ0n) is 18.1. The molecule has 0 aliphatic carbocycles. The molecule has 0 fully saturated rings. The van der Waals surface area contributed by atoms with Crippen LogP contribution in [0.5, 0.6) is 5.75 Å². The molecule has 0 saturated carbocycles. The summed E-state index contributed by atoms with van der Waals surface area (Å²) in [7, 11) is 0. The second-order valence-electron chi connectivity index (χ2n) is 7.29. The van der Waals surface area contributed by atoms with Gasteiger partial charge in [0.15, 0.2) is 5.69 Å². The van der Waals surface area contributed by atoms with Gasteiger partial charge < -0.3 is 9.47 Å². The largest absolute Gasteiger partial charge is 0.489 e. The number of esters is 1. The van der Waals surface area contributed by atoms with Gasteiger partial charge in [-0.2, -0.15) is 13.2 Å². The van der Waals surface area contributed by atoms with E-state index >= 15 is 0 Å². The third-order valence-electron chi connectivity index (χ3n) is 4.92. The first-order valence-electron chi connectivity index (χ1n) is 10.5. The molecule has 34 heavy (non-hydrogen) atoms. The van der Waals surface area contributed by atoms with Gasteiger partial charge in [0.1, 0.15) is 17.4 Å². The Kier molecular flexibility index (Phi) is 6.98. The van der Waals surface area contributed by atoms with Gasteiger partial charge in [-0.15, -0.1) is 11.3 Å². The lowest BCUT2D eigenvalue weighted by atomic mass is 10.1. The second-order valence-corrected chi connectivity index (χ2v) is 8.29. The number of ether oxygens (including phenoxy) is 2. The first kappa shape index (κ1) is 23.5. The summed E-state index contributed by atoms with van der Waals surface area (Å²) in [4.78, 5) is 17.5. The maximum Gasteiger partial charge on any atom is 0.416 e. The van der Waals surface area contributed by atoms with Gasteiger partial charge >= 0.3 is 12.1 Å². The highest BCUT2D eigenvalue weighted by Gasteiger charge is 2.30. The average molecular weight is 484 g/mol. The summed E-state index contributed by atoms with van der Waals surface area (Å²) in [6, 6.07) is 21.7. The Morgan fingerprint density at radius 2 is 1.56 bits per heavy atom. The number of nitrogens with zero attached hydrogens (tertiary/aromatic N) is 1. The predicted molar refractivity (Wildman–Crippen MR) is 125 cm³/mol. The van der Waals surface area contributed by atoms with Crippen LogP contribution in [-0.4, -0.2) is 17.6 Å². The minimum Gasteiger partial charge on any atom is -0.489 e. The molecular formula is C26H20F3NO3S. The molecule has 0 aliphatic rings. The average Bonchev–Trinajstić information content (AvgIpc) is 3.29. The van der Waals surface area contributed by atoms with Crippen molar-refractivity contribution in [2.24, 2.45) is 0 Å². The van der Waals surface area contributed by atoms with Crippen molar-refractivity contribution in [1.29, 1.82) is 0 Å². The minimum absolute atomic E-state index is 0.125. The number of hydrogen-bond acceptors (Lipinski definition) is 5. The van der Waals surface area contributed by atoms with Crippen LogP contribution in [-0.2, 0) is 17.5 Å². The zero-order chi connectivity index (χ0) is 24.1. The van der Waals surface area contributed by atoms with E-state index in [9.17, 15) is 18.0 Å². The van der Waals surface area contributed by atoms with Crippen LogP contribution >= 0.6 is 11.3 Å². The van der Waals surface area contributed by atoms with Crippen LogP contribution in [0.1, 0.15) is 28.5 Å². The number of carbonyl (C=O) groups is 1. The van der Waals surface area contributed by atoms with Gasteiger partial charge in [0.05, 0.1) is 17.0 Å². The summed E-state index contributed by atoms with van der Waals surface area (Å²) >= 11 is 1.22. The second kappa shape index (κ2) is 10.1. The first-order valence-corrected chi connectivity index (χ1v) is 11.3. The number of hydrogen-bond donors (Lipinski definition) is 0. The fraction of sp³-hybridized carbons (Fsp3) is 0.154. The van der Waals surface area contributed by atoms with Gasteiger partial charge in [-0.25, -0.2) is 9.78 Å². The van der Waals surface area contributed by atoms with Crippen molar-refractivity contribution < 1.29 is 27.4 Å². The molecule has 0 N–H and O–H groups in total. The van der Waals surface area contributed by atoms with Crippen LogP contribution in [0, 0.1) is 0 Å². The molecule has 0 radical (unpaired) electrons. The Bertz CT molecular complexity index is 1250. The van der Waals surface area contributed by atoms with Crippen LogP contribution in [0.2, 0.25) is 0 Å². The van der Waals surface area contributed by atoms with Gasteiger partial charge in [-0.1, -0.05) is 42.5 Å². The number of benzene rings is 3. The molecule has 0 unspecified atom stereocenters. The molecule has 4 rings (SSSR count). The maximum absolute atomic E-state index is 12.9. The van der Waals surface area contributed by atoms with Crippen LogP contribution < -0.4 is 4.74 Å². The molecule has 8 heteroatoms. The molecule has 0 atom stereocenters. The maximum atomic E-state index is 12.9. The Hall–Kier alpha value is -3.65. The Balaban J connectivity index is 1.61. The van der Waals surface area contributed by atoms with Crippen molar-refractivity contribution in [2.45, 2.75) is 19.7 Å². The predicted octanol–water partition coefficient (Wildman–Crippen LogP) is 7.25. The molecule has 4 aromatic rings. The summed E-state index contributed by atoms with van der Waals surface area (Å²) in [5.74, 6) is 0.0779. The first-order chi connectivity index (χ1) is 16.3. The smallest absolute Gasteiger partial charge is 0.416 e. The molecule has 0 spiro atoms. The fourth-order valence-electron chi connectivity index (χ4n) is 3.22. The van der Waals surface area contributed by atoms with Crippen molar-refractivity contribution in [3.63, 3.8) is 0 Å². The van der Waals surface area contributed by atoms with Gasteiger partial charge in [-0.05, 0) is 54.4 Å². The number of thiazole rings is 1. The van der Waals surface area contributed by atoms with Crippen molar-refractivity contribution in [3.8, 4) is 26.8 Å². The highest BCUT2D eigenvalue weighted by Crippen LogP contribution is 2.38. The summed E-state index contributed by atoms with van der Waals surface area (Å²) in [5, 5.41) is 0.427. The molecule has 1 aromatic heterocycles. The lowest BCUT2D eigenvalue weighted by Gasteiger charge is -2.07. The van der Waals surface area contributed by atoms with Crippen molar-refractivity contribution >= 4 is 17.3 Å². The van der Waals surface area contributed by atoms with Crippen LogP contribution in [0.25, 0.3) is 21.0 Å². The van der Waals surface area contributed by atoms with E-state index in [1.165, 1.54) is 23.5 Å². The van der Waals surface area contributed by atoms with Gasteiger partial charge in [-0.3, -0.25) is 0 Å². The van der Waals surface area contributed by atoms with Crippen LogP contribution in [0.3, 0.4) is 0 Å². The quantitative estimate of drug-likeness (QED) is 0.260. The number of carbonyl (C=O) groups excluding carboxylic acids is 1. The Morgan fingerprint density at radius 1 is 0.912 bits per heavy atom. The van der Waals surface area contributed by atoms with E-state index in [-0.39, 0.29) is 12.3 Å². The standard InChI is InChI=1S/C26H20F3NO3S/c1-2-32-25(31)22-23(34-24(30-22)19-8-12-20(13-9-19)26(27,28)29)18-10-14-21(15-11-18)33-16-17-6-4-3-5-7-17/h3-15H,2,16H2,1H3. The minimum atomic E-state index is -4.42. The molecule has 0 aliphatic heterocycles. The van der Waals surface area contributed by atoms with Crippen molar-refractivity contribution in [3.05, 3.63) is 95.7 Å². The molecule has 1 heterocycles. The molecule has 4 nitrogen and oxygen atoms in total. The third-order valence-corrected chi connectivity index (χ3v) is 6.07. The highest BCUT2D eigenvalue weighted by atomic mass is 32.1. The summed E-state index contributed by atoms with van der Waals surface area (Å²) in [6.07, 6.45) is -4.42. The molecule has 0 bridgehead atoms. The molecular weight excluding hydrogens is 463 g/mol. The number of rotatable bonds is 7. The van der Waals surface area contributed by atoms with Gasteiger partial charge in [0, 0.05) is 5.56 Å². The van der Waals surface area contributed by atoms with E-state index in [1.54, 1.807) is 19.1 Å². The summed E-state index contributed by atoms with van der Waals surface area (Å²) in [6.45, 7) is 2.30. The monoisotopic (exact) mass is 483 g/mol. The van der Waals surface area contributed by atoms with Crippen LogP contribution in [0.4, 0.5) is 13.2 Å². The SMILES string of the molecule is CCOC(=O)c1nc(-c2ccc(C(F)(F)F)cc2)sc1-c1ccc(OCc2ccccc2)cc1. The molecule has 0 amide bonds. The lowest BCUT2D eigenvalue weighted by Crippen LogP contribution is -2.06. The van der Waals surface area contributed by atoms with E-state index in [0.29, 0.717) is 27.8 Å². The summed E-state index contributed by atoms with van der Waals surface area (Å²) < 4.78 is 49.7. The number of halogens is 3. The zero-order valence-corrected chi connectivity index (χ0v) is 19.0. The van der Waals surface area contributed by atoms with Crippen LogP contribution in [0.15, 0.2) is 78.9 Å². The molecule has 0 saturated heterocycles. The van der Waals surface area contributed by atoms with E-state index in [2.05, 4.69) is 4.98 Å². The Morgan fingerprint density at radius 3 is 2.18 bits per heavy atom. The van der Waals surface area contributed by atoms with E-state index < -0.39 is 17.7 Å². The normalized spacial score (nSPS) is 11.3. The molecule has 3 aromatic carbocycles. The van der Waals surface area contributed by atoms with Crippen molar-refractivity contribution in [2.75, 3.05) is 6.61 Å². The summed E-state index contributed by atoms with van der Waals surface area (Å²) in [5.41, 5.74) is 1.63. The highest BCUT2D eigenvalue weighted by molar-refractivity contribution is 7.18. The van der Waals surface area contributed by atoms with Gasteiger partial charge in [0.2, 0.25) is 0 Å². The van der Waals surface area contributed by atoms with E-state index in [4.69, 9.17) is 9.47 Å². The number of alkyl halides is 3. The molecule has 174 valence electrons. The van der Waals surface area contributed by atoms with E-state index in [1.807, 2.05) is 42.5 Å².